The predicted molar refractivity (Wildman–Crippen MR) is 133 cm³/mol. The summed E-state index contributed by atoms with van der Waals surface area (Å²) in [7, 11) is 1.73. The van der Waals surface area contributed by atoms with E-state index in [4.69, 9.17) is 9.47 Å². The second kappa shape index (κ2) is 7.01. The molecule has 1 spiro atoms. The number of para-hydroxylation sites is 1. The van der Waals surface area contributed by atoms with Gasteiger partial charge in [0.15, 0.2) is 17.6 Å². The Hall–Kier alpha value is -2.57. The molecule has 2 fully saturated rings. The molecule has 2 aliphatic heterocycles. The third-order valence-corrected chi connectivity index (χ3v) is 9.86. The van der Waals surface area contributed by atoms with Crippen LogP contribution < -0.4 is 14.8 Å². The lowest BCUT2D eigenvalue weighted by molar-refractivity contribution is -0.0753. The predicted octanol–water partition coefficient (Wildman–Crippen LogP) is 4.44. The van der Waals surface area contributed by atoms with E-state index in [1.54, 1.807) is 7.11 Å². The Morgan fingerprint density at radius 1 is 1.23 bits per heavy atom. The molecule has 5 aliphatic rings. The highest BCUT2D eigenvalue weighted by Gasteiger charge is 2.73. The van der Waals surface area contributed by atoms with Crippen molar-refractivity contribution in [2.75, 3.05) is 33.4 Å². The Morgan fingerprint density at radius 2 is 2.11 bits per heavy atom. The molecule has 2 aromatic carbocycles. The topological polar surface area (TPSA) is 49.5 Å². The molecule has 0 amide bonds. The van der Waals surface area contributed by atoms with Gasteiger partial charge in [-0.15, -0.1) is 0 Å². The summed E-state index contributed by atoms with van der Waals surface area (Å²) in [5, 5.41) is 5.16. The number of benzene rings is 2. The number of hydrogen-bond donors (Lipinski definition) is 2. The van der Waals surface area contributed by atoms with Crippen LogP contribution in [0.25, 0.3) is 10.9 Å². The van der Waals surface area contributed by atoms with E-state index in [0.717, 1.165) is 55.3 Å². The number of aromatic amines is 1. The van der Waals surface area contributed by atoms with Crippen molar-refractivity contribution in [1.29, 1.82) is 0 Å². The number of ether oxygens (including phenoxy) is 2. The fraction of sp³-hybridized carbons (Fsp3) is 0.517. The number of fused-ring (bicyclic) bond motifs is 4. The van der Waals surface area contributed by atoms with Crippen molar-refractivity contribution in [3.8, 4) is 11.5 Å². The van der Waals surface area contributed by atoms with E-state index in [-0.39, 0.29) is 23.7 Å². The molecule has 0 radical (unpaired) electrons. The van der Waals surface area contributed by atoms with Gasteiger partial charge < -0.3 is 19.8 Å². The zero-order valence-electron chi connectivity index (χ0n) is 20.2. The molecule has 3 aromatic rings. The summed E-state index contributed by atoms with van der Waals surface area (Å²) in [5.74, 6) is 2.53. The third kappa shape index (κ3) is 2.45. The first-order chi connectivity index (χ1) is 17.2. The van der Waals surface area contributed by atoms with Gasteiger partial charge in [0, 0.05) is 35.6 Å². The summed E-state index contributed by atoms with van der Waals surface area (Å²) < 4.78 is 26.7. The minimum absolute atomic E-state index is 0.137. The fourth-order valence-corrected chi connectivity index (χ4v) is 8.38. The van der Waals surface area contributed by atoms with E-state index in [9.17, 15) is 4.39 Å². The Kier molecular flexibility index (Phi) is 4.13. The normalized spacial score (nSPS) is 32.3. The zero-order valence-corrected chi connectivity index (χ0v) is 20.2. The highest BCUT2D eigenvalue weighted by molar-refractivity contribution is 5.86. The largest absolute Gasteiger partial charge is 0.493 e. The molecule has 1 aromatic heterocycles. The second-order valence-corrected chi connectivity index (χ2v) is 11.3. The Morgan fingerprint density at radius 3 is 2.94 bits per heavy atom. The molecule has 8 rings (SSSR count). The van der Waals surface area contributed by atoms with Gasteiger partial charge in [-0.1, -0.05) is 24.3 Å². The Balaban J connectivity index is 1.43. The number of nitrogens with zero attached hydrogens (tertiary/aromatic N) is 1. The number of piperidine rings is 1. The van der Waals surface area contributed by atoms with Gasteiger partial charge in [-0.3, -0.25) is 4.90 Å². The van der Waals surface area contributed by atoms with Gasteiger partial charge in [-0.2, -0.15) is 0 Å². The van der Waals surface area contributed by atoms with Crippen molar-refractivity contribution < 1.29 is 13.9 Å². The zero-order chi connectivity index (χ0) is 23.4. The van der Waals surface area contributed by atoms with Crippen LogP contribution in [0.2, 0.25) is 0 Å². The summed E-state index contributed by atoms with van der Waals surface area (Å²) in [6.07, 6.45) is 5.40. The number of halogens is 1. The van der Waals surface area contributed by atoms with Crippen LogP contribution in [0, 0.1) is 5.92 Å². The number of H-pyrrole nitrogens is 1. The fourth-order valence-electron chi connectivity index (χ4n) is 8.38. The molecule has 1 saturated heterocycles. The maximum absolute atomic E-state index is 13.9. The van der Waals surface area contributed by atoms with Crippen LogP contribution in [0.15, 0.2) is 36.4 Å². The van der Waals surface area contributed by atoms with Crippen molar-refractivity contribution in [2.24, 2.45) is 5.92 Å². The Labute approximate surface area is 205 Å². The second-order valence-electron chi connectivity index (χ2n) is 11.3. The minimum atomic E-state index is -0.364. The number of alkyl halides is 1. The lowest BCUT2D eigenvalue weighted by Gasteiger charge is -2.65. The van der Waals surface area contributed by atoms with E-state index in [0.29, 0.717) is 12.6 Å². The average molecular weight is 474 g/mol. The molecule has 5 nitrogen and oxygen atoms in total. The lowest BCUT2D eigenvalue weighted by atomic mass is 9.47. The molecule has 182 valence electrons. The van der Waals surface area contributed by atoms with Crippen LogP contribution in [0.1, 0.15) is 47.8 Å². The summed E-state index contributed by atoms with van der Waals surface area (Å²) in [6, 6.07) is 13.2. The number of hydrogen-bond acceptors (Lipinski definition) is 4. The van der Waals surface area contributed by atoms with Gasteiger partial charge in [0.05, 0.1) is 23.8 Å². The van der Waals surface area contributed by atoms with Crippen molar-refractivity contribution in [2.45, 2.75) is 55.2 Å². The maximum atomic E-state index is 13.9. The molecule has 2 N–H and O–H groups in total. The first-order valence-electron chi connectivity index (χ1n) is 13.2. The van der Waals surface area contributed by atoms with Crippen molar-refractivity contribution in [1.82, 2.24) is 15.2 Å². The van der Waals surface area contributed by atoms with Crippen LogP contribution in [-0.4, -0.2) is 54.9 Å². The summed E-state index contributed by atoms with van der Waals surface area (Å²) in [6.45, 7) is 2.22. The number of rotatable bonds is 6. The van der Waals surface area contributed by atoms with Crippen molar-refractivity contribution in [3.63, 3.8) is 0 Å². The molecule has 2 bridgehead atoms. The van der Waals surface area contributed by atoms with Gasteiger partial charge in [0.2, 0.25) is 0 Å². The molecule has 6 heteroatoms. The van der Waals surface area contributed by atoms with Gasteiger partial charge >= 0.3 is 0 Å². The molecule has 4 atom stereocenters. The summed E-state index contributed by atoms with van der Waals surface area (Å²) in [5.41, 5.74) is 5.85. The third-order valence-electron chi connectivity index (χ3n) is 9.86. The first-order valence-corrected chi connectivity index (χ1v) is 13.2. The molecule has 35 heavy (non-hydrogen) atoms. The number of aromatic nitrogens is 1. The van der Waals surface area contributed by atoms with Crippen LogP contribution in [-0.2, 0) is 18.3 Å². The van der Waals surface area contributed by atoms with Crippen molar-refractivity contribution in [3.05, 3.63) is 58.8 Å². The van der Waals surface area contributed by atoms with E-state index >= 15 is 0 Å². The molecule has 1 saturated carbocycles. The molecular weight excluding hydrogens is 441 g/mol. The molecular formula is C29H32FN3O2. The molecule has 3 aliphatic carbocycles. The smallest absolute Gasteiger partial charge is 0.166 e. The SMILES string of the molecule is COc1ccc2c3c1O[C@H]1c4[nH]c5ccccc5c4C[C@@]4(NCCF)C(C2)N(CC2CC2)CCC314. The van der Waals surface area contributed by atoms with Gasteiger partial charge in [-0.05, 0) is 67.8 Å². The number of methoxy groups -OCH3 is 1. The average Bonchev–Trinajstić information content (AvgIpc) is 3.52. The number of likely N-dealkylation sites (tertiary alicyclic amines) is 1. The van der Waals surface area contributed by atoms with Crippen LogP contribution in [0.3, 0.4) is 0 Å². The Bertz CT molecular complexity index is 1350. The highest BCUT2D eigenvalue weighted by Crippen LogP contribution is 2.69. The quantitative estimate of drug-likeness (QED) is 0.556. The minimum Gasteiger partial charge on any atom is -0.493 e. The van der Waals surface area contributed by atoms with Crippen LogP contribution in [0.4, 0.5) is 4.39 Å². The summed E-state index contributed by atoms with van der Waals surface area (Å²) >= 11 is 0. The molecule has 2 unspecified atom stereocenters. The first kappa shape index (κ1) is 20.6. The van der Waals surface area contributed by atoms with Gasteiger partial charge in [0.1, 0.15) is 6.67 Å². The molecule has 3 heterocycles. The van der Waals surface area contributed by atoms with E-state index in [1.807, 2.05) is 0 Å². The highest BCUT2D eigenvalue weighted by atomic mass is 19.1. The van der Waals surface area contributed by atoms with Crippen molar-refractivity contribution >= 4 is 10.9 Å². The van der Waals surface area contributed by atoms with Gasteiger partial charge in [-0.25, -0.2) is 4.39 Å². The standard InChI is InChI=1S/C29H32FN3O2/c1-34-22-9-8-18-14-23-29(31-12-11-30)15-20-19-4-2-3-5-21(19)32-25(20)27-28(29,24(18)26(22)35-27)10-13-33(23)16-17-6-7-17/h2-5,8-9,17,23,27,31-32H,6-7,10-16H2,1H3/t23?,27-,28?,29+/m0/s1. The van der Waals surface area contributed by atoms with E-state index < -0.39 is 0 Å². The monoisotopic (exact) mass is 473 g/mol. The van der Waals surface area contributed by atoms with Crippen LogP contribution in [0.5, 0.6) is 11.5 Å². The van der Waals surface area contributed by atoms with Gasteiger partial charge in [0.25, 0.3) is 0 Å². The number of nitrogens with one attached hydrogen (secondary N) is 2. The van der Waals surface area contributed by atoms with E-state index in [2.05, 4.69) is 51.6 Å². The van der Waals surface area contributed by atoms with E-state index in [1.165, 1.54) is 40.6 Å². The maximum Gasteiger partial charge on any atom is 0.166 e. The summed E-state index contributed by atoms with van der Waals surface area (Å²) in [4.78, 5) is 6.51. The van der Waals surface area contributed by atoms with Crippen LogP contribution >= 0.6 is 0 Å². The lowest BCUT2D eigenvalue weighted by Crippen LogP contribution is -2.79.